The molecule has 2 aliphatic rings. The number of nitrogens with one attached hydrogen (secondary N) is 1. The highest BCUT2D eigenvalue weighted by molar-refractivity contribution is 8.15. The first-order valence-corrected chi connectivity index (χ1v) is 11.5. The van der Waals surface area contributed by atoms with E-state index in [2.05, 4.69) is 15.5 Å². The maximum Gasteiger partial charge on any atom is 0.243 e. The van der Waals surface area contributed by atoms with Crippen LogP contribution in [0.1, 0.15) is 33.7 Å². The van der Waals surface area contributed by atoms with Crippen molar-refractivity contribution < 1.29 is 18.8 Å². The Bertz CT molecular complexity index is 1090. The Labute approximate surface area is 187 Å². The summed E-state index contributed by atoms with van der Waals surface area (Å²) in [5, 5.41) is 11.0. The molecule has 0 bridgehead atoms. The van der Waals surface area contributed by atoms with Crippen molar-refractivity contribution in [3.8, 4) is 0 Å². The van der Waals surface area contributed by atoms with Crippen molar-refractivity contribution in [1.29, 1.82) is 0 Å². The Kier molecular flexibility index (Phi) is 6.28. The van der Waals surface area contributed by atoms with Crippen LogP contribution in [-0.2, 0) is 16.1 Å². The van der Waals surface area contributed by atoms with Gasteiger partial charge in [0, 0.05) is 12.0 Å². The van der Waals surface area contributed by atoms with Crippen LogP contribution < -0.4 is 5.32 Å². The first kappa shape index (κ1) is 21.4. The number of hydrogen-bond donors (Lipinski definition) is 1. The van der Waals surface area contributed by atoms with Gasteiger partial charge in [0.2, 0.25) is 11.8 Å². The molecule has 2 fully saturated rings. The van der Waals surface area contributed by atoms with E-state index in [-0.39, 0.29) is 30.6 Å². The molecule has 0 saturated carbocycles. The monoisotopic (exact) mass is 456 g/mol. The van der Waals surface area contributed by atoms with Crippen LogP contribution >= 0.6 is 23.5 Å². The molecule has 160 valence electrons. The molecule has 2 aromatic rings. The SMILES string of the molecule is Cc1ccc(C(=O)CC2S/C(=N/N=C3\NC(=O)CS3)N(Cc3ccco3)C2=O)cc1C. The summed E-state index contributed by atoms with van der Waals surface area (Å²) in [7, 11) is 0. The van der Waals surface area contributed by atoms with Gasteiger partial charge in [-0.25, -0.2) is 0 Å². The maximum absolute atomic E-state index is 13.1. The molecular formula is C21H20N4O4S2. The number of hydrogen-bond acceptors (Lipinski definition) is 8. The lowest BCUT2D eigenvalue weighted by molar-refractivity contribution is -0.126. The smallest absolute Gasteiger partial charge is 0.243 e. The van der Waals surface area contributed by atoms with Crippen LogP contribution in [0, 0.1) is 13.8 Å². The fraction of sp³-hybridized carbons (Fsp3) is 0.286. The molecule has 2 amide bonds. The van der Waals surface area contributed by atoms with Gasteiger partial charge in [0.05, 0.1) is 23.8 Å². The highest BCUT2D eigenvalue weighted by Crippen LogP contribution is 2.32. The molecule has 1 aromatic heterocycles. The molecule has 10 heteroatoms. The highest BCUT2D eigenvalue weighted by atomic mass is 32.2. The molecular weight excluding hydrogens is 436 g/mol. The number of carbonyl (C=O) groups excluding carboxylic acids is 3. The van der Waals surface area contributed by atoms with Crippen molar-refractivity contribution >= 4 is 51.5 Å². The Morgan fingerprint density at radius 1 is 1.23 bits per heavy atom. The van der Waals surface area contributed by atoms with Crippen LogP contribution in [-0.4, -0.2) is 43.8 Å². The zero-order valence-corrected chi connectivity index (χ0v) is 18.6. The van der Waals surface area contributed by atoms with Gasteiger partial charge in [-0.3, -0.25) is 19.3 Å². The number of furan rings is 1. The molecule has 31 heavy (non-hydrogen) atoms. The number of rotatable bonds is 6. The van der Waals surface area contributed by atoms with E-state index in [1.54, 1.807) is 18.2 Å². The number of Topliss-reactive ketones (excluding diaryl/α,β-unsaturated/α-hetero) is 1. The third-order valence-corrected chi connectivity index (χ3v) is 6.96. The van der Waals surface area contributed by atoms with E-state index in [4.69, 9.17) is 4.42 Å². The van der Waals surface area contributed by atoms with Gasteiger partial charge < -0.3 is 9.73 Å². The van der Waals surface area contributed by atoms with Gasteiger partial charge in [-0.1, -0.05) is 35.7 Å². The summed E-state index contributed by atoms with van der Waals surface area (Å²) in [5.41, 5.74) is 2.73. The average Bonchev–Trinajstić information content (AvgIpc) is 3.47. The van der Waals surface area contributed by atoms with Gasteiger partial charge in [0.25, 0.3) is 0 Å². The third-order valence-electron chi connectivity index (χ3n) is 4.93. The molecule has 3 heterocycles. The van der Waals surface area contributed by atoms with Gasteiger partial charge >= 0.3 is 0 Å². The molecule has 1 N–H and O–H groups in total. The maximum atomic E-state index is 13.1. The number of aryl methyl sites for hydroxylation is 2. The minimum Gasteiger partial charge on any atom is -0.467 e. The first-order chi connectivity index (χ1) is 14.9. The van der Waals surface area contributed by atoms with Crippen molar-refractivity contribution in [2.75, 3.05) is 5.75 Å². The summed E-state index contributed by atoms with van der Waals surface area (Å²) in [6.45, 7) is 4.13. The molecule has 1 atom stereocenters. The molecule has 2 aliphatic heterocycles. The second-order valence-electron chi connectivity index (χ2n) is 7.16. The summed E-state index contributed by atoms with van der Waals surface area (Å²) in [6.07, 6.45) is 1.59. The van der Waals surface area contributed by atoms with Gasteiger partial charge in [0.15, 0.2) is 16.1 Å². The van der Waals surface area contributed by atoms with Crippen molar-refractivity contribution in [3.05, 3.63) is 59.0 Å². The van der Waals surface area contributed by atoms with Crippen LogP contribution in [0.5, 0.6) is 0 Å². The number of nitrogens with zero attached hydrogens (tertiary/aromatic N) is 3. The summed E-state index contributed by atoms with van der Waals surface area (Å²) in [5.74, 6) is 0.431. The van der Waals surface area contributed by atoms with E-state index < -0.39 is 5.25 Å². The molecule has 0 spiro atoms. The average molecular weight is 457 g/mol. The quantitative estimate of drug-likeness (QED) is 0.529. The van der Waals surface area contributed by atoms with Crippen molar-refractivity contribution in [3.63, 3.8) is 0 Å². The largest absolute Gasteiger partial charge is 0.467 e. The second-order valence-corrected chi connectivity index (χ2v) is 9.30. The van der Waals surface area contributed by atoms with E-state index in [1.807, 2.05) is 26.0 Å². The summed E-state index contributed by atoms with van der Waals surface area (Å²) in [4.78, 5) is 38.7. The van der Waals surface area contributed by atoms with Crippen LogP contribution in [0.25, 0.3) is 0 Å². The summed E-state index contributed by atoms with van der Waals surface area (Å²) >= 11 is 2.45. The van der Waals surface area contributed by atoms with Crippen molar-refractivity contribution in [1.82, 2.24) is 10.2 Å². The van der Waals surface area contributed by atoms with Crippen LogP contribution in [0.15, 0.2) is 51.2 Å². The summed E-state index contributed by atoms with van der Waals surface area (Å²) in [6, 6.07) is 9.05. The molecule has 4 rings (SSSR count). The first-order valence-electron chi connectivity index (χ1n) is 9.60. The minimum absolute atomic E-state index is 0.0573. The Morgan fingerprint density at radius 2 is 2.06 bits per heavy atom. The number of amidine groups is 2. The lowest BCUT2D eigenvalue weighted by atomic mass is 10.0. The van der Waals surface area contributed by atoms with Gasteiger partial charge in [-0.05, 0) is 43.2 Å². The zero-order valence-electron chi connectivity index (χ0n) is 17.0. The second kappa shape index (κ2) is 9.11. The number of carbonyl (C=O) groups is 3. The van der Waals surface area contributed by atoms with Crippen LogP contribution in [0.4, 0.5) is 0 Å². The van der Waals surface area contributed by atoms with Gasteiger partial charge in [-0.15, -0.1) is 10.2 Å². The third kappa shape index (κ3) is 4.91. The van der Waals surface area contributed by atoms with E-state index >= 15 is 0 Å². The van der Waals surface area contributed by atoms with E-state index in [9.17, 15) is 14.4 Å². The van der Waals surface area contributed by atoms with Gasteiger partial charge in [0.1, 0.15) is 5.76 Å². The van der Waals surface area contributed by atoms with Crippen LogP contribution in [0.2, 0.25) is 0 Å². The molecule has 1 aromatic carbocycles. The normalized spacial score (nSPS) is 21.4. The molecule has 1 unspecified atom stereocenters. The van der Waals surface area contributed by atoms with E-state index in [1.165, 1.54) is 34.7 Å². The fourth-order valence-corrected chi connectivity index (χ4v) is 4.80. The zero-order chi connectivity index (χ0) is 22.0. The Hall–Kier alpha value is -2.85. The number of benzene rings is 1. The van der Waals surface area contributed by atoms with E-state index in [0.717, 1.165) is 11.1 Å². The Morgan fingerprint density at radius 3 is 2.74 bits per heavy atom. The summed E-state index contributed by atoms with van der Waals surface area (Å²) < 4.78 is 5.37. The standard InChI is InChI=1S/C21H20N4O4S2/c1-12-5-6-14(8-13(12)2)16(26)9-17-19(28)25(10-15-4-3-7-29-15)21(31-17)24-23-20-22-18(27)11-30-20/h3-8,17H,9-11H2,1-2H3,(H,22,23,27)/b24-21+. The highest BCUT2D eigenvalue weighted by Gasteiger charge is 2.40. The molecule has 0 radical (unpaired) electrons. The number of amides is 2. The lowest BCUT2D eigenvalue weighted by Crippen LogP contribution is -2.32. The predicted octanol–water partition coefficient (Wildman–Crippen LogP) is 3.10. The fourth-order valence-electron chi connectivity index (χ4n) is 3.09. The Balaban J connectivity index is 1.54. The minimum atomic E-state index is -0.603. The molecule has 8 nitrogen and oxygen atoms in total. The van der Waals surface area contributed by atoms with Gasteiger partial charge in [-0.2, -0.15) is 0 Å². The van der Waals surface area contributed by atoms with Crippen LogP contribution in [0.3, 0.4) is 0 Å². The molecule has 2 saturated heterocycles. The molecule has 0 aliphatic carbocycles. The van der Waals surface area contributed by atoms with Crippen molar-refractivity contribution in [2.24, 2.45) is 10.2 Å². The number of ketones is 1. The van der Waals surface area contributed by atoms with Crippen molar-refractivity contribution in [2.45, 2.75) is 32.1 Å². The topological polar surface area (TPSA) is 104 Å². The van der Waals surface area contributed by atoms with E-state index in [0.29, 0.717) is 27.4 Å². The lowest BCUT2D eigenvalue weighted by Gasteiger charge is -2.14. The number of thioether (sulfide) groups is 2. The predicted molar refractivity (Wildman–Crippen MR) is 121 cm³/mol.